The van der Waals surface area contributed by atoms with Crippen LogP contribution < -0.4 is 0 Å². The number of rotatable bonds is 2. The zero-order chi connectivity index (χ0) is 7.56. The van der Waals surface area contributed by atoms with Gasteiger partial charge in [0.1, 0.15) is 12.6 Å². The molecule has 0 saturated heterocycles. The molecule has 1 aliphatic rings. The molecule has 58 valence electrons. The summed E-state index contributed by atoms with van der Waals surface area (Å²) in [5.41, 5.74) is 0. The summed E-state index contributed by atoms with van der Waals surface area (Å²) in [5.74, 6) is 0.692. The molecule has 0 saturated carbocycles. The molecule has 1 aliphatic heterocycles. The maximum atomic E-state index is 9.29. The highest BCUT2D eigenvalue weighted by Gasteiger charge is 2.22. The molecule has 0 aromatic carbocycles. The number of aliphatic hydroxyl groups excluding tert-OH is 1. The zero-order valence-corrected chi connectivity index (χ0v) is 6.37. The van der Waals surface area contributed by atoms with Gasteiger partial charge < -0.3 is 9.84 Å². The lowest BCUT2D eigenvalue weighted by Gasteiger charge is -2.10. The summed E-state index contributed by atoms with van der Waals surface area (Å²) >= 11 is 0. The molecule has 0 aliphatic carbocycles. The minimum absolute atomic E-state index is 0.0231. The number of aliphatic hydroxyl groups is 1. The maximum Gasteiger partial charge on any atom is 0.180 e. The van der Waals surface area contributed by atoms with Crippen molar-refractivity contribution in [1.29, 1.82) is 0 Å². The fourth-order valence-corrected chi connectivity index (χ4v) is 0.983. The third kappa shape index (κ3) is 1.48. The molecule has 0 amide bonds. The van der Waals surface area contributed by atoms with Crippen molar-refractivity contribution in [3.05, 3.63) is 0 Å². The van der Waals surface area contributed by atoms with Crippen LogP contribution >= 0.6 is 0 Å². The Bertz CT molecular complexity index is 145. The lowest BCUT2D eigenvalue weighted by Crippen LogP contribution is -2.24. The summed E-state index contributed by atoms with van der Waals surface area (Å²) in [6, 6.07) is -0.0231. The highest BCUT2D eigenvalue weighted by molar-refractivity contribution is 5.74. The average molecular weight is 143 g/mol. The molecule has 0 aromatic rings. The van der Waals surface area contributed by atoms with E-state index in [4.69, 9.17) is 4.74 Å². The molecule has 1 rings (SSSR count). The van der Waals surface area contributed by atoms with Gasteiger partial charge in [-0.3, -0.25) is 0 Å². The van der Waals surface area contributed by atoms with Crippen LogP contribution in [0.5, 0.6) is 0 Å². The predicted octanol–water partition coefficient (Wildman–Crippen LogP) is 0.575. The van der Waals surface area contributed by atoms with E-state index < -0.39 is 0 Å². The topological polar surface area (TPSA) is 41.8 Å². The highest BCUT2D eigenvalue weighted by atomic mass is 16.5. The average Bonchev–Trinajstić information content (AvgIpc) is 2.34. The van der Waals surface area contributed by atoms with Gasteiger partial charge in [0.25, 0.3) is 0 Å². The SMILES string of the molecule is CC[C@H](O)[C@@H]1COC(C)=N1. The van der Waals surface area contributed by atoms with Crippen molar-refractivity contribution in [2.24, 2.45) is 4.99 Å². The molecule has 0 spiro atoms. The molecule has 0 aromatic heterocycles. The van der Waals surface area contributed by atoms with Crippen molar-refractivity contribution in [1.82, 2.24) is 0 Å². The van der Waals surface area contributed by atoms with Crippen LogP contribution in [0.3, 0.4) is 0 Å². The molecule has 10 heavy (non-hydrogen) atoms. The van der Waals surface area contributed by atoms with Crippen LogP contribution in [0.4, 0.5) is 0 Å². The normalized spacial score (nSPS) is 27.5. The van der Waals surface area contributed by atoms with E-state index in [9.17, 15) is 5.11 Å². The van der Waals surface area contributed by atoms with Crippen molar-refractivity contribution in [2.75, 3.05) is 6.61 Å². The first-order valence-corrected chi connectivity index (χ1v) is 3.59. The standard InChI is InChI=1S/C7H13NO2/c1-3-7(9)6-4-10-5(2)8-6/h6-7,9H,3-4H2,1-2H3/t6-,7-/m0/s1. The second-order valence-electron chi connectivity index (χ2n) is 2.50. The highest BCUT2D eigenvalue weighted by Crippen LogP contribution is 2.10. The van der Waals surface area contributed by atoms with Crippen molar-refractivity contribution in [3.63, 3.8) is 0 Å². The van der Waals surface area contributed by atoms with Gasteiger partial charge in [0.2, 0.25) is 0 Å². The number of hydrogen-bond acceptors (Lipinski definition) is 3. The van der Waals surface area contributed by atoms with Crippen molar-refractivity contribution in [3.8, 4) is 0 Å². The van der Waals surface area contributed by atoms with Gasteiger partial charge in [0.15, 0.2) is 5.90 Å². The minimum Gasteiger partial charge on any atom is -0.479 e. The molecule has 3 nitrogen and oxygen atoms in total. The summed E-state index contributed by atoms with van der Waals surface area (Å²) in [6.07, 6.45) is 0.405. The van der Waals surface area contributed by atoms with Crippen molar-refractivity contribution in [2.45, 2.75) is 32.4 Å². The van der Waals surface area contributed by atoms with Gasteiger partial charge in [-0.15, -0.1) is 0 Å². The van der Waals surface area contributed by atoms with E-state index in [1.165, 1.54) is 0 Å². The van der Waals surface area contributed by atoms with E-state index in [-0.39, 0.29) is 12.1 Å². The third-order valence-corrected chi connectivity index (χ3v) is 1.67. The Kier molecular flexibility index (Phi) is 2.27. The third-order valence-electron chi connectivity index (χ3n) is 1.67. The van der Waals surface area contributed by atoms with Gasteiger partial charge in [-0.05, 0) is 6.42 Å². The number of aliphatic imine (C=N–C) groups is 1. The van der Waals surface area contributed by atoms with E-state index in [1.807, 2.05) is 13.8 Å². The first kappa shape index (κ1) is 7.54. The van der Waals surface area contributed by atoms with Gasteiger partial charge in [0, 0.05) is 6.92 Å². The molecule has 2 atom stereocenters. The Labute approximate surface area is 60.7 Å². The fourth-order valence-electron chi connectivity index (χ4n) is 0.983. The molecule has 0 bridgehead atoms. The minimum atomic E-state index is -0.336. The van der Waals surface area contributed by atoms with Gasteiger partial charge in [0.05, 0.1) is 6.10 Å². The quantitative estimate of drug-likeness (QED) is 0.614. The number of hydrogen-bond donors (Lipinski definition) is 1. The molecule has 3 heteroatoms. The van der Waals surface area contributed by atoms with Crippen LogP contribution in [0.2, 0.25) is 0 Å². The first-order valence-electron chi connectivity index (χ1n) is 3.59. The van der Waals surface area contributed by atoms with Gasteiger partial charge >= 0.3 is 0 Å². The van der Waals surface area contributed by atoms with Crippen LogP contribution in [-0.2, 0) is 4.74 Å². The summed E-state index contributed by atoms with van der Waals surface area (Å²) < 4.78 is 5.08. The molecule has 0 fully saturated rings. The number of ether oxygens (including phenoxy) is 1. The lowest BCUT2D eigenvalue weighted by molar-refractivity contribution is 0.125. The van der Waals surface area contributed by atoms with Crippen molar-refractivity contribution >= 4 is 5.90 Å². The Hall–Kier alpha value is -0.570. The first-order chi connectivity index (χ1) is 4.74. The Morgan fingerprint density at radius 3 is 3.00 bits per heavy atom. The molecule has 0 radical (unpaired) electrons. The summed E-state index contributed by atoms with van der Waals surface area (Å²) in [6.45, 7) is 4.29. The van der Waals surface area contributed by atoms with Crippen LogP contribution in [0, 0.1) is 0 Å². The van der Waals surface area contributed by atoms with Gasteiger partial charge in [-0.2, -0.15) is 0 Å². The fraction of sp³-hybridized carbons (Fsp3) is 0.857. The van der Waals surface area contributed by atoms with Gasteiger partial charge in [-0.1, -0.05) is 6.92 Å². The molecule has 1 heterocycles. The van der Waals surface area contributed by atoms with Crippen LogP contribution in [0.25, 0.3) is 0 Å². The van der Waals surface area contributed by atoms with E-state index in [1.54, 1.807) is 0 Å². The van der Waals surface area contributed by atoms with E-state index in [2.05, 4.69) is 4.99 Å². The van der Waals surface area contributed by atoms with E-state index in [0.717, 1.165) is 6.42 Å². The summed E-state index contributed by atoms with van der Waals surface area (Å²) in [4.78, 5) is 4.10. The molecular formula is C7H13NO2. The summed E-state index contributed by atoms with van der Waals surface area (Å²) in [7, 11) is 0. The lowest BCUT2D eigenvalue weighted by atomic mass is 10.1. The van der Waals surface area contributed by atoms with E-state index >= 15 is 0 Å². The van der Waals surface area contributed by atoms with Crippen molar-refractivity contribution < 1.29 is 9.84 Å². The smallest absolute Gasteiger partial charge is 0.180 e. The van der Waals surface area contributed by atoms with Crippen LogP contribution in [0.1, 0.15) is 20.3 Å². The predicted molar refractivity (Wildman–Crippen MR) is 39.1 cm³/mol. The largest absolute Gasteiger partial charge is 0.479 e. The van der Waals surface area contributed by atoms with Crippen LogP contribution in [0.15, 0.2) is 4.99 Å². The van der Waals surface area contributed by atoms with Gasteiger partial charge in [-0.25, -0.2) is 4.99 Å². The second kappa shape index (κ2) is 3.01. The second-order valence-corrected chi connectivity index (χ2v) is 2.50. The molecular weight excluding hydrogens is 130 g/mol. The Morgan fingerprint density at radius 1 is 1.90 bits per heavy atom. The molecule has 0 unspecified atom stereocenters. The van der Waals surface area contributed by atoms with Crippen LogP contribution in [-0.4, -0.2) is 29.8 Å². The molecule has 1 N–H and O–H groups in total. The Morgan fingerprint density at radius 2 is 2.60 bits per heavy atom. The Balaban J connectivity index is 2.44. The van der Waals surface area contributed by atoms with E-state index in [0.29, 0.717) is 12.5 Å². The summed E-state index contributed by atoms with van der Waals surface area (Å²) in [5, 5.41) is 9.29. The number of nitrogens with zero attached hydrogens (tertiary/aromatic N) is 1. The monoisotopic (exact) mass is 143 g/mol. The maximum absolute atomic E-state index is 9.29. The zero-order valence-electron chi connectivity index (χ0n) is 6.37.